The van der Waals surface area contributed by atoms with Gasteiger partial charge in [-0.2, -0.15) is 0 Å². The van der Waals surface area contributed by atoms with E-state index in [0.29, 0.717) is 0 Å². The Bertz CT molecular complexity index is 3940. The fourth-order valence-electron chi connectivity index (χ4n) is 12.5. The van der Waals surface area contributed by atoms with Crippen molar-refractivity contribution in [3.8, 4) is 45.9 Å². The van der Waals surface area contributed by atoms with Gasteiger partial charge in [0.25, 0.3) is 0 Å². The molecule has 0 N–H and O–H groups in total. The largest absolute Gasteiger partial charge is 1.00 e. The predicted molar refractivity (Wildman–Crippen MR) is 405 cm³/mol. The molecular formula is C88H72Au4P4+4. The maximum absolute atomic E-state index is 7.15. The third kappa shape index (κ3) is 20.8. The van der Waals surface area contributed by atoms with E-state index < -0.39 is 31.7 Å². The van der Waals surface area contributed by atoms with Crippen molar-refractivity contribution in [1.29, 1.82) is 0 Å². The van der Waals surface area contributed by atoms with Crippen LogP contribution in [-0.2, 0) is 102 Å². The molecule has 484 valence electrons. The summed E-state index contributed by atoms with van der Waals surface area (Å²) in [4.78, 5) is 0. The van der Waals surface area contributed by atoms with Crippen LogP contribution in [0.4, 0.5) is 0 Å². The van der Waals surface area contributed by atoms with Crippen molar-refractivity contribution in [2.24, 2.45) is 0 Å². The minimum absolute atomic E-state index is 0. The van der Waals surface area contributed by atoms with Crippen molar-refractivity contribution in [3.05, 3.63) is 386 Å². The average molecular weight is 2040 g/mol. The smallest absolute Gasteiger partial charge is 0.366 e. The molecule has 2 aliphatic rings. The summed E-state index contributed by atoms with van der Waals surface area (Å²) >= 11 is 0. The molecule has 0 spiro atoms. The van der Waals surface area contributed by atoms with Crippen molar-refractivity contribution >= 4 is 74.1 Å². The Morgan fingerprint density at radius 2 is 0.385 bits per heavy atom. The molecule has 0 saturated heterocycles. The van der Waals surface area contributed by atoms with Crippen LogP contribution < -0.4 is 42.4 Å². The average Bonchev–Trinajstić information content (AvgIpc) is 1.64. The van der Waals surface area contributed by atoms with Gasteiger partial charge in [0.1, 0.15) is 12.3 Å². The van der Waals surface area contributed by atoms with Gasteiger partial charge in [0.2, 0.25) is 0 Å². The van der Waals surface area contributed by atoms with E-state index in [4.69, 9.17) is 25.7 Å². The zero-order chi connectivity index (χ0) is 63.1. The van der Waals surface area contributed by atoms with Gasteiger partial charge >= 0.3 is 89.5 Å². The number of benzene rings is 12. The van der Waals surface area contributed by atoms with Gasteiger partial charge in [-0.1, -0.05) is 192 Å². The van der Waals surface area contributed by atoms with Gasteiger partial charge < -0.3 is 25.7 Å². The third-order valence-electron chi connectivity index (χ3n) is 17.0. The van der Waals surface area contributed by atoms with E-state index in [1.807, 2.05) is 72.8 Å². The van der Waals surface area contributed by atoms with Gasteiger partial charge in [0, 0.05) is 0 Å². The molecule has 0 aromatic heterocycles. The minimum Gasteiger partial charge on any atom is -0.366 e. The molecule has 0 saturated carbocycles. The van der Waals surface area contributed by atoms with E-state index in [-0.39, 0.29) is 89.5 Å². The summed E-state index contributed by atoms with van der Waals surface area (Å²) in [6.45, 7) is 0. The summed E-state index contributed by atoms with van der Waals surface area (Å²) in [5, 5.41) is 12.2. The molecule has 8 heteroatoms. The second-order valence-corrected chi connectivity index (χ2v) is 33.3. The van der Waals surface area contributed by atoms with Crippen molar-refractivity contribution in [2.45, 2.75) is 25.7 Å². The zero-order valence-electron chi connectivity index (χ0n) is 52.9. The summed E-state index contributed by atoms with van der Waals surface area (Å²) in [6, 6.07) is 113. The molecule has 14 rings (SSSR count). The first kappa shape index (κ1) is 76.9. The van der Waals surface area contributed by atoms with Crippen LogP contribution in [0.3, 0.4) is 0 Å². The first-order chi connectivity index (χ1) is 45.5. The monoisotopic (exact) mass is 2040 g/mol. The molecule has 0 fully saturated rings. The van der Waals surface area contributed by atoms with Gasteiger partial charge in [-0.05, 0) is 145 Å². The Hall–Kier alpha value is -6.44. The van der Waals surface area contributed by atoms with Gasteiger partial charge in [0.05, 0.1) is 86.4 Å². The molecule has 0 radical (unpaired) electrons. The van der Waals surface area contributed by atoms with Crippen molar-refractivity contribution in [2.75, 3.05) is 24.6 Å². The molecule has 12 aromatic rings. The predicted octanol–water partition coefficient (Wildman–Crippen LogP) is 16.5. The number of hydrogen-bond donors (Lipinski definition) is 0. The maximum Gasteiger partial charge on any atom is 1.00 e. The van der Waals surface area contributed by atoms with Crippen LogP contribution in [0.1, 0.15) is 57.3 Å². The Morgan fingerprint density at radius 1 is 0.219 bits per heavy atom. The summed E-state index contributed by atoms with van der Waals surface area (Å²) in [5.41, 5.74) is 13.1. The second kappa shape index (κ2) is 40.4. The molecule has 2 aliphatic carbocycles. The van der Waals surface area contributed by atoms with Gasteiger partial charge in [-0.3, -0.25) is 23.7 Å². The van der Waals surface area contributed by atoms with Crippen LogP contribution in [0, 0.1) is 49.4 Å². The van der Waals surface area contributed by atoms with E-state index in [9.17, 15) is 0 Å². The Labute approximate surface area is 638 Å². The first-order valence-electron chi connectivity index (χ1n) is 31.6. The van der Waals surface area contributed by atoms with Crippen LogP contribution in [-0.4, -0.2) is 24.6 Å². The molecule has 96 heavy (non-hydrogen) atoms. The first-order valence-corrected chi connectivity index (χ1v) is 38.4. The Kier molecular flexibility index (Phi) is 32.4. The summed E-state index contributed by atoms with van der Waals surface area (Å²) in [6.07, 6.45) is 38.0. The van der Waals surface area contributed by atoms with E-state index in [1.165, 1.54) is 124 Å². The van der Waals surface area contributed by atoms with Gasteiger partial charge in [-0.25, -0.2) is 0 Å². The van der Waals surface area contributed by atoms with E-state index in [0.717, 1.165) is 35.1 Å². The number of unbranched alkanes of at least 4 members (excludes halogenated alkanes) is 1. The normalized spacial score (nSPS) is 10.7. The number of fused-ring (bicyclic) bond motifs is 6. The molecule has 0 atom stereocenters. The molecule has 0 aliphatic heterocycles. The van der Waals surface area contributed by atoms with Crippen LogP contribution in [0.25, 0.3) is 22.3 Å². The fourth-order valence-corrected chi connectivity index (χ4v) is 24.1. The van der Waals surface area contributed by atoms with Crippen LogP contribution >= 0.6 is 31.7 Å². The quantitative estimate of drug-likeness (QED) is 0.0297. The number of rotatable bonds is 16. The molecule has 12 aromatic carbocycles. The standard InChI is InChI=1S/C28H28P2.C26H24P2.2C17H8.4Au/c1-5-15-25(16-6-1)29(26-17-7-2-8-18-26)23-13-14-24-30(27-19-9-3-10-20-27)28-21-11-4-12-22-28;1-5-13-23(14-6-1)27(24-15-7-2-8-16-24)21-22-28(25-17-9-3-10-18-25)26-19-11-4-12-20-26;2*1-3-12-5-7-16-14(9-12)11-15-10-13(4-2)6-8-17(15)16;;;;/h1-12,15-22H,13-14,23-24H2;1-20H,21-22H2;2*5-10H,11H2;;;;/q;;2*-2;4*+1/p+4. The van der Waals surface area contributed by atoms with Crippen molar-refractivity contribution in [1.82, 2.24) is 0 Å². The summed E-state index contributed by atoms with van der Waals surface area (Å²) < 4.78 is 0. The van der Waals surface area contributed by atoms with Crippen LogP contribution in [0.2, 0.25) is 0 Å². The minimum atomic E-state index is -0.783. The van der Waals surface area contributed by atoms with Gasteiger partial charge in [-0.15, -0.1) is 70.8 Å². The molecule has 0 bridgehead atoms. The Balaban J connectivity index is 0.000000183. The summed E-state index contributed by atoms with van der Waals surface area (Å²) in [5.74, 6) is 9.65. The van der Waals surface area contributed by atoms with E-state index in [2.05, 4.69) is 266 Å². The zero-order valence-corrected chi connectivity index (χ0v) is 65.6. The fraction of sp³-hybridized carbons (Fsp3) is 0.0909. The maximum atomic E-state index is 7.15. The third-order valence-corrected chi connectivity index (χ3v) is 29.0. The molecule has 0 heterocycles. The van der Waals surface area contributed by atoms with E-state index >= 15 is 0 Å². The topological polar surface area (TPSA) is 0 Å². The Morgan fingerprint density at radius 3 is 0.552 bits per heavy atom. The molecule has 0 amide bonds. The number of hydrogen-bond acceptors (Lipinski definition) is 0. The molecular weight excluding hydrogens is 1970 g/mol. The van der Waals surface area contributed by atoms with Crippen LogP contribution in [0.5, 0.6) is 0 Å². The summed E-state index contributed by atoms with van der Waals surface area (Å²) in [7, 11) is -3.00. The van der Waals surface area contributed by atoms with Crippen LogP contribution in [0.15, 0.2) is 315 Å². The van der Waals surface area contributed by atoms with E-state index in [1.54, 1.807) is 0 Å². The second-order valence-electron chi connectivity index (χ2n) is 22.9. The SMILES string of the molecule is [Au+].[Au+].[Au+].[Au+].[C-]#Cc1ccc2c(c1)Cc1cc(C#[C-])ccc1-2.[C-]#Cc1ccc2c(c1)Cc1cc(C#[C-])ccc1-2.c1ccc([PH+](CCCC[PH+](c2ccccc2)c2ccccc2)c2ccccc2)cc1.c1ccc([PH+](CC[PH+](c2ccccc2)c2ccccc2)c2ccccc2)cc1. The van der Waals surface area contributed by atoms with Gasteiger partial charge in [0.15, 0.2) is 0 Å². The van der Waals surface area contributed by atoms with Crippen molar-refractivity contribution < 1.29 is 89.5 Å². The van der Waals surface area contributed by atoms with Crippen molar-refractivity contribution in [3.63, 3.8) is 0 Å². The molecule has 0 unspecified atom stereocenters. The molecule has 0 nitrogen and oxygen atoms in total.